The molecule has 21 heavy (non-hydrogen) atoms. The van der Waals surface area contributed by atoms with Crippen molar-refractivity contribution < 1.29 is 23.5 Å². The molecule has 0 saturated carbocycles. The number of carbonyl (C=O) groups excluding carboxylic acids is 2. The minimum Gasteiger partial charge on any atom is -0.459 e. The molecule has 2 N–H and O–H groups in total. The Bertz CT molecular complexity index is 707. The summed E-state index contributed by atoms with van der Waals surface area (Å²) in [6.45, 7) is 1.87. The number of amides is 2. The molecule has 2 aromatic rings. The molecule has 1 aromatic carbocycles. The average molecular weight is 288 g/mol. The molecule has 1 aromatic heterocycles. The highest BCUT2D eigenvalue weighted by molar-refractivity contribution is 5.98. The van der Waals surface area contributed by atoms with Gasteiger partial charge in [-0.2, -0.15) is 0 Å². The number of furan rings is 1. The molecule has 0 saturated heterocycles. The summed E-state index contributed by atoms with van der Waals surface area (Å²) in [4.78, 5) is 23.7. The minimum atomic E-state index is -0.522. The lowest BCUT2D eigenvalue weighted by Gasteiger charge is -2.07. The number of carbonyl (C=O) groups is 2. The number of hydrazine groups is 1. The van der Waals surface area contributed by atoms with Gasteiger partial charge in [0.2, 0.25) is 6.79 Å². The highest BCUT2D eigenvalue weighted by atomic mass is 16.7. The molecule has 2 amide bonds. The molecule has 0 atom stereocenters. The third-order valence-corrected chi connectivity index (χ3v) is 2.99. The third kappa shape index (κ3) is 2.53. The van der Waals surface area contributed by atoms with E-state index >= 15 is 0 Å². The Labute approximate surface area is 119 Å². The molecule has 1 aliphatic rings. The lowest BCUT2D eigenvalue weighted by molar-refractivity contribution is 0.0830. The van der Waals surface area contributed by atoms with Crippen molar-refractivity contribution in [2.24, 2.45) is 0 Å². The Morgan fingerprint density at radius 3 is 2.57 bits per heavy atom. The van der Waals surface area contributed by atoms with Crippen molar-refractivity contribution >= 4 is 11.8 Å². The van der Waals surface area contributed by atoms with E-state index in [-0.39, 0.29) is 12.6 Å². The van der Waals surface area contributed by atoms with E-state index in [2.05, 4.69) is 10.9 Å². The zero-order valence-corrected chi connectivity index (χ0v) is 11.1. The van der Waals surface area contributed by atoms with E-state index in [0.717, 1.165) is 0 Å². The summed E-state index contributed by atoms with van der Waals surface area (Å²) >= 11 is 0. The molecule has 0 bridgehead atoms. The third-order valence-electron chi connectivity index (χ3n) is 2.99. The average Bonchev–Trinajstić information content (AvgIpc) is 3.11. The van der Waals surface area contributed by atoms with E-state index < -0.39 is 11.8 Å². The minimum absolute atomic E-state index is 0.134. The Kier molecular flexibility index (Phi) is 3.23. The van der Waals surface area contributed by atoms with Crippen LogP contribution in [0.3, 0.4) is 0 Å². The van der Waals surface area contributed by atoms with Gasteiger partial charge in [0.1, 0.15) is 0 Å². The highest BCUT2D eigenvalue weighted by Crippen LogP contribution is 2.32. The predicted molar refractivity (Wildman–Crippen MR) is 70.9 cm³/mol. The fraction of sp³-hybridized carbons (Fsp3) is 0.143. The fourth-order valence-corrected chi connectivity index (χ4v) is 1.89. The van der Waals surface area contributed by atoms with Crippen LogP contribution in [0.15, 0.2) is 34.9 Å². The molecule has 0 spiro atoms. The van der Waals surface area contributed by atoms with Gasteiger partial charge in [0.05, 0.1) is 6.26 Å². The predicted octanol–water partition coefficient (Wildman–Crippen LogP) is 1.39. The van der Waals surface area contributed by atoms with Gasteiger partial charge in [0.15, 0.2) is 17.3 Å². The van der Waals surface area contributed by atoms with Crippen molar-refractivity contribution in [3.63, 3.8) is 0 Å². The SMILES string of the molecule is Cc1ccoc1C(=O)NNC(=O)c1ccc2c(c1)OCO2. The van der Waals surface area contributed by atoms with Gasteiger partial charge in [-0.25, -0.2) is 0 Å². The largest absolute Gasteiger partial charge is 0.459 e. The van der Waals surface area contributed by atoms with E-state index in [1.54, 1.807) is 31.2 Å². The van der Waals surface area contributed by atoms with Crippen LogP contribution >= 0.6 is 0 Å². The lowest BCUT2D eigenvalue weighted by Crippen LogP contribution is -2.41. The van der Waals surface area contributed by atoms with Gasteiger partial charge in [-0.05, 0) is 31.2 Å². The topological polar surface area (TPSA) is 89.8 Å². The molecular weight excluding hydrogens is 276 g/mol. The van der Waals surface area contributed by atoms with Crippen LogP contribution in [0, 0.1) is 6.92 Å². The van der Waals surface area contributed by atoms with Crippen molar-refractivity contribution in [3.8, 4) is 11.5 Å². The highest BCUT2D eigenvalue weighted by Gasteiger charge is 2.17. The molecule has 2 heterocycles. The first-order valence-electron chi connectivity index (χ1n) is 6.19. The van der Waals surface area contributed by atoms with E-state index in [1.165, 1.54) is 6.26 Å². The molecule has 108 valence electrons. The maximum atomic E-state index is 12.0. The maximum absolute atomic E-state index is 12.0. The van der Waals surface area contributed by atoms with Crippen LogP contribution in [0.2, 0.25) is 0 Å². The molecule has 0 fully saturated rings. The summed E-state index contributed by atoms with van der Waals surface area (Å²) in [5, 5.41) is 0. The molecule has 3 rings (SSSR count). The molecule has 0 aliphatic carbocycles. The van der Waals surface area contributed by atoms with E-state index in [0.29, 0.717) is 22.6 Å². The van der Waals surface area contributed by atoms with Crippen molar-refractivity contribution in [2.75, 3.05) is 6.79 Å². The van der Waals surface area contributed by atoms with Crippen molar-refractivity contribution in [1.29, 1.82) is 0 Å². The Balaban J connectivity index is 1.64. The summed E-state index contributed by atoms with van der Waals surface area (Å²) in [5.41, 5.74) is 5.63. The van der Waals surface area contributed by atoms with Crippen LogP contribution in [-0.2, 0) is 0 Å². The number of ether oxygens (including phenoxy) is 2. The first-order chi connectivity index (χ1) is 10.1. The van der Waals surface area contributed by atoms with Gasteiger partial charge in [-0.15, -0.1) is 0 Å². The van der Waals surface area contributed by atoms with E-state index in [9.17, 15) is 9.59 Å². The summed E-state index contributed by atoms with van der Waals surface area (Å²) in [5.74, 6) is 0.246. The Morgan fingerprint density at radius 1 is 1.05 bits per heavy atom. The number of aryl methyl sites for hydroxylation is 1. The zero-order valence-electron chi connectivity index (χ0n) is 11.1. The molecule has 0 unspecified atom stereocenters. The van der Waals surface area contributed by atoms with Crippen molar-refractivity contribution in [3.05, 3.63) is 47.4 Å². The van der Waals surface area contributed by atoms with E-state index in [4.69, 9.17) is 13.9 Å². The molecule has 7 heteroatoms. The second kappa shape index (κ2) is 5.20. The first kappa shape index (κ1) is 13.0. The standard InChI is InChI=1S/C14H12N2O5/c1-8-4-5-19-12(8)14(18)16-15-13(17)9-2-3-10-11(6-9)21-7-20-10/h2-6H,7H2,1H3,(H,15,17)(H,16,18). The van der Waals surface area contributed by atoms with Gasteiger partial charge in [-0.1, -0.05) is 0 Å². The molecule has 0 radical (unpaired) electrons. The van der Waals surface area contributed by atoms with Crippen LogP contribution in [0.4, 0.5) is 0 Å². The van der Waals surface area contributed by atoms with Gasteiger partial charge < -0.3 is 13.9 Å². The van der Waals surface area contributed by atoms with Crippen LogP contribution < -0.4 is 20.3 Å². The van der Waals surface area contributed by atoms with Crippen molar-refractivity contribution in [2.45, 2.75) is 6.92 Å². The van der Waals surface area contributed by atoms with E-state index in [1.807, 2.05) is 0 Å². The normalized spacial score (nSPS) is 12.0. The quantitative estimate of drug-likeness (QED) is 0.815. The maximum Gasteiger partial charge on any atom is 0.305 e. The van der Waals surface area contributed by atoms with Crippen molar-refractivity contribution in [1.82, 2.24) is 10.9 Å². The number of rotatable bonds is 2. The Morgan fingerprint density at radius 2 is 1.81 bits per heavy atom. The van der Waals surface area contributed by atoms with Crippen LogP contribution in [0.25, 0.3) is 0 Å². The number of nitrogens with one attached hydrogen (secondary N) is 2. The smallest absolute Gasteiger partial charge is 0.305 e. The monoisotopic (exact) mass is 288 g/mol. The Hall–Kier alpha value is -2.96. The summed E-state index contributed by atoms with van der Waals surface area (Å²) in [6.07, 6.45) is 1.41. The number of hydrogen-bond acceptors (Lipinski definition) is 5. The van der Waals surface area contributed by atoms with Gasteiger partial charge >= 0.3 is 5.91 Å². The first-order valence-corrected chi connectivity index (χ1v) is 6.19. The number of benzene rings is 1. The second-order valence-electron chi connectivity index (χ2n) is 4.41. The number of fused-ring (bicyclic) bond motifs is 1. The van der Waals surface area contributed by atoms with Gasteiger partial charge in [-0.3, -0.25) is 20.4 Å². The summed E-state index contributed by atoms with van der Waals surface area (Å²) < 4.78 is 15.4. The van der Waals surface area contributed by atoms with Crippen LogP contribution in [0.5, 0.6) is 11.5 Å². The second-order valence-corrected chi connectivity index (χ2v) is 4.41. The molecule has 7 nitrogen and oxygen atoms in total. The number of hydrogen-bond donors (Lipinski definition) is 2. The molecular formula is C14H12N2O5. The lowest BCUT2D eigenvalue weighted by atomic mass is 10.2. The van der Waals surface area contributed by atoms with Crippen LogP contribution in [0.1, 0.15) is 26.5 Å². The van der Waals surface area contributed by atoms with Gasteiger partial charge in [0, 0.05) is 11.1 Å². The fourth-order valence-electron chi connectivity index (χ4n) is 1.89. The van der Waals surface area contributed by atoms with Gasteiger partial charge in [0.25, 0.3) is 5.91 Å². The summed E-state index contributed by atoms with van der Waals surface area (Å²) in [7, 11) is 0. The summed E-state index contributed by atoms with van der Waals surface area (Å²) in [6, 6.07) is 6.42. The zero-order chi connectivity index (χ0) is 14.8. The molecule has 1 aliphatic heterocycles. The van der Waals surface area contributed by atoms with Crippen LogP contribution in [-0.4, -0.2) is 18.6 Å².